The minimum atomic E-state index is 0.320. The lowest BCUT2D eigenvalue weighted by Gasteiger charge is -2.28. The van der Waals surface area contributed by atoms with Crippen molar-refractivity contribution in [3.8, 4) is 0 Å². The number of aromatic amines is 1. The SMILES string of the molecule is CC(C)c1cnn2c(NC3CCc4[nH]c5ccccc5c4C3)nc(N3CCCCC3)nc12. The highest BCUT2D eigenvalue weighted by molar-refractivity contribution is 5.85. The fourth-order valence-corrected chi connectivity index (χ4v) is 5.29. The molecule has 4 heterocycles. The van der Waals surface area contributed by atoms with Gasteiger partial charge in [0.05, 0.1) is 6.20 Å². The van der Waals surface area contributed by atoms with Gasteiger partial charge in [-0.25, -0.2) is 0 Å². The van der Waals surface area contributed by atoms with Gasteiger partial charge in [-0.15, -0.1) is 0 Å². The van der Waals surface area contributed by atoms with E-state index in [1.807, 2.05) is 10.7 Å². The number of fused-ring (bicyclic) bond motifs is 4. The Bertz CT molecular complexity index is 1260. The first-order chi connectivity index (χ1) is 15.7. The molecule has 2 aliphatic rings. The van der Waals surface area contributed by atoms with Crippen molar-refractivity contribution in [2.24, 2.45) is 0 Å². The Hall–Kier alpha value is -3.09. The highest BCUT2D eigenvalue weighted by atomic mass is 15.4. The summed E-state index contributed by atoms with van der Waals surface area (Å²) >= 11 is 0. The van der Waals surface area contributed by atoms with Gasteiger partial charge in [-0.2, -0.15) is 19.6 Å². The fourth-order valence-electron chi connectivity index (χ4n) is 5.29. The molecule has 7 nitrogen and oxygen atoms in total. The molecule has 1 saturated heterocycles. The zero-order valence-corrected chi connectivity index (χ0v) is 18.9. The number of aryl methyl sites for hydroxylation is 1. The molecule has 1 unspecified atom stereocenters. The number of hydrogen-bond acceptors (Lipinski definition) is 5. The van der Waals surface area contributed by atoms with Crippen LogP contribution in [0, 0.1) is 0 Å². The Labute approximate surface area is 188 Å². The van der Waals surface area contributed by atoms with Crippen molar-refractivity contribution < 1.29 is 0 Å². The number of hydrogen-bond donors (Lipinski definition) is 2. The van der Waals surface area contributed by atoms with Gasteiger partial charge >= 0.3 is 0 Å². The maximum absolute atomic E-state index is 4.99. The predicted octanol–water partition coefficient (Wildman–Crippen LogP) is 4.69. The largest absolute Gasteiger partial charge is 0.358 e. The highest BCUT2D eigenvalue weighted by Crippen LogP contribution is 2.31. The molecule has 0 amide bonds. The number of rotatable bonds is 4. The van der Waals surface area contributed by atoms with Gasteiger partial charge in [-0.05, 0) is 56.1 Å². The lowest BCUT2D eigenvalue weighted by atomic mass is 9.91. The summed E-state index contributed by atoms with van der Waals surface area (Å²) in [7, 11) is 0. The molecule has 6 rings (SSSR count). The Kier molecular flexibility index (Phi) is 4.77. The van der Waals surface area contributed by atoms with E-state index in [4.69, 9.17) is 9.97 Å². The van der Waals surface area contributed by atoms with E-state index in [2.05, 4.69) is 58.4 Å². The number of nitrogens with one attached hydrogen (secondary N) is 2. The van der Waals surface area contributed by atoms with Gasteiger partial charge in [0, 0.05) is 41.3 Å². The lowest BCUT2D eigenvalue weighted by Crippen LogP contribution is -2.33. The molecule has 0 spiro atoms. The average molecular weight is 430 g/mol. The molecule has 1 fully saturated rings. The third-order valence-electron chi connectivity index (χ3n) is 7.07. The number of anilines is 2. The van der Waals surface area contributed by atoms with Crippen molar-refractivity contribution in [3.63, 3.8) is 0 Å². The number of nitrogens with zero attached hydrogens (tertiary/aromatic N) is 5. The van der Waals surface area contributed by atoms with Crippen LogP contribution in [0.2, 0.25) is 0 Å². The number of piperidine rings is 1. The fraction of sp³-hybridized carbons (Fsp3) is 0.480. The first-order valence-corrected chi connectivity index (χ1v) is 12.0. The van der Waals surface area contributed by atoms with Gasteiger partial charge in [0.1, 0.15) is 0 Å². The molecule has 1 aromatic carbocycles. The monoisotopic (exact) mass is 429 g/mol. The van der Waals surface area contributed by atoms with Crippen molar-refractivity contribution in [1.82, 2.24) is 24.6 Å². The normalized spacial score (nSPS) is 19.1. The molecule has 2 N–H and O–H groups in total. The summed E-state index contributed by atoms with van der Waals surface area (Å²) in [5, 5.41) is 9.78. The summed E-state index contributed by atoms with van der Waals surface area (Å²) in [5.41, 5.74) is 6.17. The number of H-pyrrole nitrogens is 1. The van der Waals surface area contributed by atoms with Crippen molar-refractivity contribution in [2.45, 2.75) is 64.3 Å². The number of benzene rings is 1. The molecule has 1 aliphatic heterocycles. The van der Waals surface area contributed by atoms with Crippen molar-refractivity contribution in [2.75, 3.05) is 23.3 Å². The van der Waals surface area contributed by atoms with Crippen LogP contribution < -0.4 is 10.2 Å². The second-order valence-electron chi connectivity index (χ2n) is 9.60. The molecule has 7 heteroatoms. The number of aromatic nitrogens is 5. The molecule has 0 radical (unpaired) electrons. The van der Waals surface area contributed by atoms with E-state index in [9.17, 15) is 0 Å². The summed E-state index contributed by atoms with van der Waals surface area (Å²) < 4.78 is 1.91. The zero-order valence-electron chi connectivity index (χ0n) is 18.9. The van der Waals surface area contributed by atoms with E-state index in [-0.39, 0.29) is 0 Å². The van der Waals surface area contributed by atoms with E-state index in [0.717, 1.165) is 49.9 Å². The van der Waals surface area contributed by atoms with E-state index in [1.54, 1.807) is 0 Å². The second-order valence-corrected chi connectivity index (χ2v) is 9.60. The Morgan fingerprint density at radius 1 is 1.09 bits per heavy atom. The first-order valence-electron chi connectivity index (χ1n) is 12.0. The van der Waals surface area contributed by atoms with Crippen LogP contribution in [0.4, 0.5) is 11.9 Å². The Balaban J connectivity index is 1.36. The number of para-hydroxylation sites is 1. The molecule has 0 saturated carbocycles. The van der Waals surface area contributed by atoms with Crippen LogP contribution in [0.5, 0.6) is 0 Å². The van der Waals surface area contributed by atoms with Gasteiger partial charge < -0.3 is 15.2 Å². The summed E-state index contributed by atoms with van der Waals surface area (Å²) in [4.78, 5) is 15.9. The van der Waals surface area contributed by atoms with Crippen LogP contribution in [-0.2, 0) is 12.8 Å². The Morgan fingerprint density at radius 2 is 1.94 bits per heavy atom. The van der Waals surface area contributed by atoms with Crippen LogP contribution in [0.3, 0.4) is 0 Å². The molecule has 166 valence electrons. The van der Waals surface area contributed by atoms with E-state index in [1.165, 1.54) is 47.0 Å². The van der Waals surface area contributed by atoms with E-state index < -0.39 is 0 Å². The molecule has 3 aromatic heterocycles. The maximum atomic E-state index is 4.99. The summed E-state index contributed by atoms with van der Waals surface area (Å²) in [6.45, 7) is 6.46. The van der Waals surface area contributed by atoms with Crippen molar-refractivity contribution in [1.29, 1.82) is 0 Å². The van der Waals surface area contributed by atoms with Crippen LogP contribution in [0.25, 0.3) is 16.6 Å². The Morgan fingerprint density at radius 3 is 2.78 bits per heavy atom. The smallest absolute Gasteiger partial charge is 0.230 e. The molecule has 1 atom stereocenters. The standard InChI is InChI=1S/C25H31N7/c1-16(2)20-15-26-32-23(20)29-24(31-12-6-3-7-13-31)30-25(32)27-17-10-11-22-19(14-17)18-8-4-5-9-21(18)28-22/h4-5,8-9,15-17,28H,3,6-7,10-14H2,1-2H3,(H,27,29,30). The lowest BCUT2D eigenvalue weighted by molar-refractivity contribution is 0.565. The topological polar surface area (TPSA) is 74.1 Å². The second kappa shape index (κ2) is 7.80. The first kappa shape index (κ1) is 19.6. The highest BCUT2D eigenvalue weighted by Gasteiger charge is 2.25. The molecule has 1 aliphatic carbocycles. The summed E-state index contributed by atoms with van der Waals surface area (Å²) in [6, 6.07) is 8.95. The van der Waals surface area contributed by atoms with Gasteiger partial charge in [0.25, 0.3) is 0 Å². The molecular formula is C25H31N7. The van der Waals surface area contributed by atoms with Gasteiger partial charge in [0.15, 0.2) is 5.65 Å². The summed E-state index contributed by atoms with van der Waals surface area (Å²) in [5.74, 6) is 2.02. The summed E-state index contributed by atoms with van der Waals surface area (Å²) in [6.07, 6.45) is 8.77. The van der Waals surface area contributed by atoms with Crippen LogP contribution in [0.15, 0.2) is 30.5 Å². The van der Waals surface area contributed by atoms with Gasteiger partial charge in [-0.3, -0.25) is 0 Å². The third-order valence-corrected chi connectivity index (χ3v) is 7.07. The average Bonchev–Trinajstić information content (AvgIpc) is 3.41. The zero-order chi connectivity index (χ0) is 21.7. The third kappa shape index (κ3) is 3.31. The van der Waals surface area contributed by atoms with Crippen LogP contribution >= 0.6 is 0 Å². The minimum absolute atomic E-state index is 0.320. The van der Waals surface area contributed by atoms with E-state index >= 15 is 0 Å². The van der Waals surface area contributed by atoms with Gasteiger partial charge in [-0.1, -0.05) is 32.0 Å². The molecular weight excluding hydrogens is 398 g/mol. The predicted molar refractivity (Wildman–Crippen MR) is 129 cm³/mol. The van der Waals surface area contributed by atoms with Crippen molar-refractivity contribution in [3.05, 3.63) is 47.3 Å². The molecule has 32 heavy (non-hydrogen) atoms. The maximum Gasteiger partial charge on any atom is 0.230 e. The molecule has 4 aromatic rings. The van der Waals surface area contributed by atoms with Crippen molar-refractivity contribution >= 4 is 28.4 Å². The quantitative estimate of drug-likeness (QED) is 0.492. The molecule has 0 bridgehead atoms. The van der Waals surface area contributed by atoms with Crippen LogP contribution in [0.1, 0.15) is 62.3 Å². The van der Waals surface area contributed by atoms with Gasteiger partial charge in [0.2, 0.25) is 11.9 Å². The van der Waals surface area contributed by atoms with Crippen LogP contribution in [-0.4, -0.2) is 43.7 Å². The van der Waals surface area contributed by atoms with E-state index in [0.29, 0.717) is 12.0 Å². The minimum Gasteiger partial charge on any atom is -0.358 e.